The van der Waals surface area contributed by atoms with Crippen molar-refractivity contribution in [3.05, 3.63) is 0 Å². The van der Waals surface area contributed by atoms with Crippen LogP contribution in [0.4, 0.5) is 0 Å². The normalized spacial score (nSPS) is 18.8. The molecule has 0 aromatic carbocycles. The largest absolute Gasteiger partial charge is 0.316 e. The van der Waals surface area contributed by atoms with E-state index < -0.39 is 0 Å². The molecule has 0 aliphatic carbocycles. The Morgan fingerprint density at radius 1 is 1.33 bits per heavy atom. The average Bonchev–Trinajstić information content (AvgIpc) is 2.19. The molecule has 1 fully saturated rings. The smallest absolute Gasteiger partial charge is 0.000778 e. The standard InChI is InChI=1S/C13H28N2/c1-3-5-6-12(4-2)9-14-8-7-13-10-15-11-13/h12-15H,3-11H2,1-2H3. The van der Waals surface area contributed by atoms with Gasteiger partial charge in [-0.25, -0.2) is 0 Å². The molecule has 0 aromatic rings. The van der Waals surface area contributed by atoms with E-state index in [0.717, 1.165) is 11.8 Å². The molecule has 0 spiro atoms. The molecule has 2 heteroatoms. The molecule has 15 heavy (non-hydrogen) atoms. The zero-order valence-electron chi connectivity index (χ0n) is 10.5. The molecule has 2 nitrogen and oxygen atoms in total. The number of hydrogen-bond acceptors (Lipinski definition) is 2. The Morgan fingerprint density at radius 2 is 2.13 bits per heavy atom. The van der Waals surface area contributed by atoms with Crippen molar-refractivity contribution in [3.8, 4) is 0 Å². The van der Waals surface area contributed by atoms with Crippen LogP contribution in [0.15, 0.2) is 0 Å². The highest BCUT2D eigenvalue weighted by molar-refractivity contribution is 4.75. The van der Waals surface area contributed by atoms with Crippen LogP contribution in [0.5, 0.6) is 0 Å². The van der Waals surface area contributed by atoms with Crippen molar-refractivity contribution in [2.45, 2.75) is 46.0 Å². The molecule has 0 radical (unpaired) electrons. The molecule has 1 rings (SSSR count). The van der Waals surface area contributed by atoms with Crippen molar-refractivity contribution in [3.63, 3.8) is 0 Å². The van der Waals surface area contributed by atoms with E-state index in [9.17, 15) is 0 Å². The van der Waals surface area contributed by atoms with Crippen LogP contribution in [0.1, 0.15) is 46.0 Å². The molecular formula is C13H28N2. The lowest BCUT2D eigenvalue weighted by Crippen LogP contribution is -2.43. The van der Waals surface area contributed by atoms with Crippen molar-refractivity contribution in [1.82, 2.24) is 10.6 Å². The lowest BCUT2D eigenvalue weighted by Gasteiger charge is -2.27. The Morgan fingerprint density at radius 3 is 2.67 bits per heavy atom. The van der Waals surface area contributed by atoms with Crippen molar-refractivity contribution in [1.29, 1.82) is 0 Å². The summed E-state index contributed by atoms with van der Waals surface area (Å²) in [6.07, 6.45) is 6.83. The Labute approximate surface area is 95.2 Å². The highest BCUT2D eigenvalue weighted by Gasteiger charge is 2.15. The van der Waals surface area contributed by atoms with Gasteiger partial charge in [0, 0.05) is 0 Å². The Kier molecular flexibility index (Phi) is 7.03. The third-order valence-corrected chi connectivity index (χ3v) is 3.57. The van der Waals surface area contributed by atoms with E-state index in [0.29, 0.717) is 0 Å². The molecule has 0 aromatic heterocycles. The van der Waals surface area contributed by atoms with Crippen molar-refractivity contribution < 1.29 is 0 Å². The van der Waals surface area contributed by atoms with Gasteiger partial charge >= 0.3 is 0 Å². The summed E-state index contributed by atoms with van der Waals surface area (Å²) in [7, 11) is 0. The van der Waals surface area contributed by atoms with Gasteiger partial charge in [-0.15, -0.1) is 0 Å². The summed E-state index contributed by atoms with van der Waals surface area (Å²) >= 11 is 0. The van der Waals surface area contributed by atoms with Gasteiger partial charge in [0.25, 0.3) is 0 Å². The Hall–Kier alpha value is -0.0800. The number of unbranched alkanes of at least 4 members (excludes halogenated alkanes) is 1. The summed E-state index contributed by atoms with van der Waals surface area (Å²) in [5.41, 5.74) is 0. The zero-order chi connectivity index (χ0) is 10.9. The summed E-state index contributed by atoms with van der Waals surface area (Å²) in [5, 5.41) is 6.94. The fraction of sp³-hybridized carbons (Fsp3) is 1.00. The number of nitrogens with one attached hydrogen (secondary N) is 2. The average molecular weight is 212 g/mol. The SMILES string of the molecule is CCCCC(CC)CNCCC1CNC1. The first-order valence-electron chi connectivity index (χ1n) is 6.78. The van der Waals surface area contributed by atoms with E-state index in [4.69, 9.17) is 0 Å². The third kappa shape index (κ3) is 5.53. The Balaban J connectivity index is 1.90. The van der Waals surface area contributed by atoms with Crippen LogP contribution in [0, 0.1) is 11.8 Å². The summed E-state index contributed by atoms with van der Waals surface area (Å²) in [6.45, 7) is 9.54. The maximum absolute atomic E-state index is 3.62. The lowest BCUT2D eigenvalue weighted by atomic mass is 9.98. The molecule has 0 saturated carbocycles. The minimum atomic E-state index is 0.907. The van der Waals surface area contributed by atoms with Crippen molar-refractivity contribution in [2.24, 2.45) is 11.8 Å². The van der Waals surface area contributed by atoms with Gasteiger partial charge in [-0.3, -0.25) is 0 Å². The zero-order valence-corrected chi connectivity index (χ0v) is 10.5. The molecule has 1 heterocycles. The second-order valence-corrected chi connectivity index (χ2v) is 4.93. The quantitative estimate of drug-likeness (QED) is 0.574. The first-order chi connectivity index (χ1) is 7.36. The van der Waals surface area contributed by atoms with Gasteiger partial charge in [-0.05, 0) is 50.9 Å². The predicted octanol–water partition coefficient (Wildman–Crippen LogP) is 2.40. The highest BCUT2D eigenvalue weighted by atomic mass is 15.0. The minimum absolute atomic E-state index is 0.907. The number of rotatable bonds is 9. The van der Waals surface area contributed by atoms with Gasteiger partial charge in [-0.1, -0.05) is 33.1 Å². The lowest BCUT2D eigenvalue weighted by molar-refractivity contribution is 0.316. The van der Waals surface area contributed by atoms with Gasteiger partial charge in [0.15, 0.2) is 0 Å². The monoisotopic (exact) mass is 212 g/mol. The molecule has 90 valence electrons. The minimum Gasteiger partial charge on any atom is -0.316 e. The van der Waals surface area contributed by atoms with Crippen LogP contribution in [0.25, 0.3) is 0 Å². The number of hydrogen-bond donors (Lipinski definition) is 2. The fourth-order valence-corrected chi connectivity index (χ4v) is 2.11. The maximum atomic E-state index is 3.62. The van der Waals surface area contributed by atoms with Gasteiger partial charge < -0.3 is 10.6 Å². The molecule has 2 N–H and O–H groups in total. The first-order valence-corrected chi connectivity index (χ1v) is 6.78. The van der Waals surface area contributed by atoms with E-state index in [1.165, 1.54) is 58.3 Å². The molecule has 1 atom stereocenters. The van der Waals surface area contributed by atoms with Crippen LogP contribution in [-0.2, 0) is 0 Å². The molecular weight excluding hydrogens is 184 g/mol. The van der Waals surface area contributed by atoms with Crippen LogP contribution in [0.3, 0.4) is 0 Å². The van der Waals surface area contributed by atoms with Crippen LogP contribution in [0.2, 0.25) is 0 Å². The molecule has 0 bridgehead atoms. The molecule has 1 aliphatic heterocycles. The second-order valence-electron chi connectivity index (χ2n) is 4.93. The van der Waals surface area contributed by atoms with E-state index >= 15 is 0 Å². The molecule has 1 unspecified atom stereocenters. The van der Waals surface area contributed by atoms with Gasteiger partial charge in [0.2, 0.25) is 0 Å². The van der Waals surface area contributed by atoms with Gasteiger partial charge in [0.1, 0.15) is 0 Å². The van der Waals surface area contributed by atoms with E-state index in [-0.39, 0.29) is 0 Å². The van der Waals surface area contributed by atoms with Gasteiger partial charge in [0.05, 0.1) is 0 Å². The van der Waals surface area contributed by atoms with E-state index in [2.05, 4.69) is 24.5 Å². The summed E-state index contributed by atoms with van der Waals surface area (Å²) in [6, 6.07) is 0. The van der Waals surface area contributed by atoms with Gasteiger partial charge in [-0.2, -0.15) is 0 Å². The summed E-state index contributed by atoms with van der Waals surface area (Å²) in [5.74, 6) is 1.86. The Bertz CT molecular complexity index is 143. The molecule has 1 saturated heterocycles. The van der Waals surface area contributed by atoms with E-state index in [1.807, 2.05) is 0 Å². The van der Waals surface area contributed by atoms with Crippen LogP contribution < -0.4 is 10.6 Å². The van der Waals surface area contributed by atoms with Crippen molar-refractivity contribution in [2.75, 3.05) is 26.2 Å². The predicted molar refractivity (Wildman–Crippen MR) is 67.2 cm³/mol. The summed E-state index contributed by atoms with van der Waals surface area (Å²) in [4.78, 5) is 0. The molecule has 1 aliphatic rings. The first kappa shape index (κ1) is 13.0. The highest BCUT2D eigenvalue weighted by Crippen LogP contribution is 2.11. The molecule has 0 amide bonds. The van der Waals surface area contributed by atoms with Crippen LogP contribution in [-0.4, -0.2) is 26.2 Å². The third-order valence-electron chi connectivity index (χ3n) is 3.57. The fourth-order valence-electron chi connectivity index (χ4n) is 2.11. The topological polar surface area (TPSA) is 24.1 Å². The maximum Gasteiger partial charge on any atom is -0.000778 e. The van der Waals surface area contributed by atoms with E-state index in [1.54, 1.807) is 0 Å². The van der Waals surface area contributed by atoms with Crippen LogP contribution >= 0.6 is 0 Å². The van der Waals surface area contributed by atoms with Crippen molar-refractivity contribution >= 4 is 0 Å². The summed E-state index contributed by atoms with van der Waals surface area (Å²) < 4.78 is 0. The second kappa shape index (κ2) is 8.12.